The van der Waals surface area contributed by atoms with Gasteiger partial charge in [-0.3, -0.25) is 4.57 Å². The zero-order valence-corrected chi connectivity index (χ0v) is 24.0. The van der Waals surface area contributed by atoms with Crippen molar-refractivity contribution in [3.05, 3.63) is 95.6 Å². The highest BCUT2D eigenvalue weighted by atomic mass is 31.2. The van der Waals surface area contributed by atoms with Gasteiger partial charge in [-0.25, -0.2) is 0 Å². The van der Waals surface area contributed by atoms with Crippen LogP contribution in [-0.4, -0.2) is 77.4 Å². The third-order valence-corrected chi connectivity index (χ3v) is 7.21. The molecule has 0 saturated carbocycles. The van der Waals surface area contributed by atoms with Gasteiger partial charge in [-0.1, -0.05) is 54.6 Å². The average Bonchev–Trinajstić information content (AvgIpc) is 2.93. The van der Waals surface area contributed by atoms with Crippen LogP contribution in [0.4, 0.5) is 0 Å². The van der Waals surface area contributed by atoms with Gasteiger partial charge in [0.1, 0.15) is 36.4 Å². The van der Waals surface area contributed by atoms with Crippen LogP contribution in [0.2, 0.25) is 0 Å². The van der Waals surface area contributed by atoms with Crippen molar-refractivity contribution in [1.29, 1.82) is 0 Å². The van der Waals surface area contributed by atoms with Crippen LogP contribution in [0.3, 0.4) is 0 Å². The van der Waals surface area contributed by atoms with Gasteiger partial charge in [0.25, 0.3) is 7.82 Å². The van der Waals surface area contributed by atoms with Crippen molar-refractivity contribution in [3.63, 3.8) is 0 Å². The van der Waals surface area contributed by atoms with E-state index in [2.05, 4.69) is 0 Å². The monoisotopic (exact) mass is 559 g/mol. The molecular weight excluding hydrogens is 521 g/mol. The van der Waals surface area contributed by atoms with E-state index >= 15 is 0 Å². The lowest BCUT2D eigenvalue weighted by atomic mass is 9.80. The summed E-state index contributed by atoms with van der Waals surface area (Å²) in [6.45, 7) is -0.438. The van der Waals surface area contributed by atoms with Crippen molar-refractivity contribution in [2.75, 3.05) is 61.7 Å². The fourth-order valence-electron chi connectivity index (χ4n) is 4.05. The van der Waals surface area contributed by atoms with Crippen molar-refractivity contribution in [3.8, 4) is 11.5 Å². The Bertz CT molecular complexity index is 1150. The van der Waals surface area contributed by atoms with E-state index in [0.717, 1.165) is 16.7 Å². The van der Waals surface area contributed by atoms with Crippen molar-refractivity contribution < 1.29 is 42.3 Å². The molecule has 0 heterocycles. The molecule has 3 aromatic rings. The summed E-state index contributed by atoms with van der Waals surface area (Å²) < 4.78 is 40.7. The SMILES string of the molecule is COc1ccc(C(OC[C@H](CO)OP(=O)([O-])OCC[N+](C)(C)C)(c2ccccc2)c2ccc(OC)cc2)cc1. The van der Waals surface area contributed by atoms with E-state index in [0.29, 0.717) is 22.5 Å². The number of hydrogen-bond donors (Lipinski definition) is 1. The van der Waals surface area contributed by atoms with Crippen LogP contribution in [0.15, 0.2) is 78.9 Å². The number of ether oxygens (including phenoxy) is 3. The molecule has 0 aliphatic rings. The fourth-order valence-corrected chi connectivity index (χ4v) is 4.91. The Morgan fingerprint density at radius 1 is 0.846 bits per heavy atom. The Balaban J connectivity index is 1.99. The van der Waals surface area contributed by atoms with Gasteiger partial charge in [-0.05, 0) is 41.0 Å². The van der Waals surface area contributed by atoms with E-state index in [-0.39, 0.29) is 13.2 Å². The van der Waals surface area contributed by atoms with Gasteiger partial charge in [0.2, 0.25) is 0 Å². The molecular formula is C29H38NO8P. The third-order valence-electron chi connectivity index (χ3n) is 6.15. The van der Waals surface area contributed by atoms with Crippen LogP contribution >= 0.6 is 7.82 Å². The predicted molar refractivity (Wildman–Crippen MR) is 147 cm³/mol. The molecule has 3 rings (SSSR count). The Labute approximate surface area is 230 Å². The Morgan fingerprint density at radius 3 is 1.77 bits per heavy atom. The summed E-state index contributed by atoms with van der Waals surface area (Å²) in [7, 11) is 4.24. The van der Waals surface area contributed by atoms with Crippen LogP contribution in [0.5, 0.6) is 11.5 Å². The Morgan fingerprint density at radius 2 is 1.33 bits per heavy atom. The molecule has 0 aromatic heterocycles. The second kappa shape index (κ2) is 13.5. The summed E-state index contributed by atoms with van der Waals surface area (Å²) in [5.41, 5.74) is 1.14. The lowest BCUT2D eigenvalue weighted by molar-refractivity contribution is -0.870. The molecule has 2 atom stereocenters. The van der Waals surface area contributed by atoms with Gasteiger partial charge in [0, 0.05) is 0 Å². The van der Waals surface area contributed by atoms with E-state index in [1.54, 1.807) is 14.2 Å². The average molecular weight is 560 g/mol. The smallest absolute Gasteiger partial charge is 0.268 e. The maximum atomic E-state index is 12.5. The van der Waals surface area contributed by atoms with Crippen LogP contribution in [0, 0.1) is 0 Å². The van der Waals surface area contributed by atoms with E-state index in [9.17, 15) is 14.6 Å². The second-order valence-electron chi connectivity index (χ2n) is 10.0. The quantitative estimate of drug-likeness (QED) is 0.171. The molecule has 0 spiro atoms. The maximum absolute atomic E-state index is 12.5. The van der Waals surface area contributed by atoms with E-state index in [1.807, 2.05) is 100 Å². The third kappa shape index (κ3) is 8.37. The number of phosphoric acid groups is 1. The maximum Gasteiger partial charge on any atom is 0.268 e. The standard InChI is InChI=1S/C29H38NO8P/c1-30(2,3)19-20-37-39(32,33)38-28(21-31)22-36-29(23-9-7-6-8-10-23,24-11-15-26(34-4)16-12-24)25-13-17-27(35-5)18-14-25/h6-18,28,31H,19-22H2,1-5H3/t28-/m0/s1. The van der Waals surface area contributed by atoms with Gasteiger partial charge in [0.05, 0.1) is 48.6 Å². The van der Waals surface area contributed by atoms with Crippen LogP contribution < -0.4 is 14.4 Å². The normalized spacial score (nSPS) is 14.4. The number of nitrogens with zero attached hydrogens (tertiary/aromatic N) is 1. The molecule has 0 radical (unpaired) electrons. The fraction of sp³-hybridized carbons (Fsp3) is 0.379. The summed E-state index contributed by atoms with van der Waals surface area (Å²) in [5.74, 6) is 1.34. The molecule has 0 saturated heterocycles. The number of aliphatic hydroxyl groups excluding tert-OH is 1. The number of benzene rings is 3. The van der Waals surface area contributed by atoms with Crippen LogP contribution in [0.25, 0.3) is 0 Å². The molecule has 10 heteroatoms. The molecule has 0 aliphatic carbocycles. The van der Waals surface area contributed by atoms with Crippen molar-refractivity contribution in [1.82, 2.24) is 0 Å². The highest BCUT2D eigenvalue weighted by Gasteiger charge is 2.39. The molecule has 0 fully saturated rings. The lowest BCUT2D eigenvalue weighted by Crippen LogP contribution is -2.38. The zero-order chi connectivity index (χ0) is 28.5. The van der Waals surface area contributed by atoms with Gasteiger partial charge < -0.3 is 37.7 Å². The minimum Gasteiger partial charge on any atom is -0.756 e. The predicted octanol–water partition coefficient (Wildman–Crippen LogP) is 3.58. The van der Waals surface area contributed by atoms with Crippen LogP contribution in [-0.2, 0) is 24.0 Å². The number of aliphatic hydroxyl groups is 1. The minimum atomic E-state index is -4.70. The first kappa shape index (κ1) is 30.8. The number of methoxy groups -OCH3 is 2. The second-order valence-corrected chi connectivity index (χ2v) is 11.4. The number of rotatable bonds is 15. The lowest BCUT2D eigenvalue weighted by Gasteiger charge is -2.37. The van der Waals surface area contributed by atoms with Crippen LogP contribution in [0.1, 0.15) is 16.7 Å². The van der Waals surface area contributed by atoms with Gasteiger partial charge >= 0.3 is 0 Å². The summed E-state index contributed by atoms with van der Waals surface area (Å²) >= 11 is 0. The molecule has 212 valence electrons. The van der Waals surface area contributed by atoms with Crippen molar-refractivity contribution in [2.45, 2.75) is 11.7 Å². The molecule has 39 heavy (non-hydrogen) atoms. The first-order valence-corrected chi connectivity index (χ1v) is 14.0. The number of likely N-dealkylation sites (N-methyl/N-ethyl adjacent to an activating group) is 1. The highest BCUT2D eigenvalue weighted by molar-refractivity contribution is 7.45. The summed E-state index contributed by atoms with van der Waals surface area (Å²) in [6, 6.07) is 24.4. The summed E-state index contributed by atoms with van der Waals surface area (Å²) in [6.07, 6.45) is -1.20. The Kier molecular flexibility index (Phi) is 10.7. The first-order valence-electron chi connectivity index (χ1n) is 12.6. The molecule has 0 bridgehead atoms. The van der Waals surface area contributed by atoms with Crippen molar-refractivity contribution >= 4 is 7.82 Å². The highest BCUT2D eigenvalue weighted by Crippen LogP contribution is 2.43. The van der Waals surface area contributed by atoms with Crippen molar-refractivity contribution in [2.24, 2.45) is 0 Å². The summed E-state index contributed by atoms with van der Waals surface area (Å²) in [5, 5.41) is 10.0. The first-order chi connectivity index (χ1) is 18.5. The topological polar surface area (TPSA) is 107 Å². The zero-order valence-electron chi connectivity index (χ0n) is 23.1. The van der Waals surface area contributed by atoms with Gasteiger partial charge in [-0.2, -0.15) is 0 Å². The molecule has 3 aromatic carbocycles. The van der Waals surface area contributed by atoms with E-state index in [4.69, 9.17) is 23.3 Å². The molecule has 0 aliphatic heterocycles. The molecule has 1 unspecified atom stereocenters. The van der Waals surface area contributed by atoms with E-state index < -0.39 is 26.1 Å². The Hall–Kier alpha value is -2.75. The summed E-state index contributed by atoms with van der Waals surface area (Å²) in [4.78, 5) is 12.5. The molecule has 0 amide bonds. The minimum absolute atomic E-state index is 0.0467. The molecule has 9 nitrogen and oxygen atoms in total. The number of phosphoric ester groups is 1. The van der Waals surface area contributed by atoms with Gasteiger partial charge in [-0.15, -0.1) is 0 Å². The van der Waals surface area contributed by atoms with E-state index in [1.165, 1.54) is 0 Å². The number of quaternary nitrogens is 1. The van der Waals surface area contributed by atoms with Gasteiger partial charge in [0.15, 0.2) is 0 Å². The molecule has 1 N–H and O–H groups in total. The largest absolute Gasteiger partial charge is 0.756 e. The number of hydrogen-bond acceptors (Lipinski definition) is 8.